The van der Waals surface area contributed by atoms with Crippen molar-refractivity contribution in [2.75, 3.05) is 5.73 Å². The van der Waals surface area contributed by atoms with Gasteiger partial charge in [-0.3, -0.25) is 10.1 Å². The Morgan fingerprint density at radius 3 is 2.39 bits per heavy atom. The maximum Gasteiger partial charge on any atom is 0.574 e. The Balaban J connectivity index is 3.32. The van der Waals surface area contributed by atoms with Crippen LogP contribution >= 0.6 is 0 Å². The Morgan fingerprint density at radius 1 is 1.44 bits per heavy atom. The molecule has 0 atom stereocenters. The highest BCUT2D eigenvalue weighted by Crippen LogP contribution is 2.36. The Morgan fingerprint density at radius 2 is 2.00 bits per heavy atom. The van der Waals surface area contributed by atoms with Crippen molar-refractivity contribution in [1.82, 2.24) is 4.98 Å². The van der Waals surface area contributed by atoms with Gasteiger partial charge in [-0.2, -0.15) is 4.98 Å². The molecule has 0 saturated carbocycles. The van der Waals surface area contributed by atoms with E-state index in [0.717, 1.165) is 0 Å². The fourth-order valence-electron chi connectivity index (χ4n) is 1.08. The van der Waals surface area contributed by atoms with Crippen LogP contribution in [0.1, 0.15) is 12.0 Å². The van der Waals surface area contributed by atoms with Crippen LogP contribution in [-0.2, 0) is 0 Å². The normalized spacial score (nSPS) is 11.7. The summed E-state index contributed by atoms with van der Waals surface area (Å²) < 4.78 is 63.7. The minimum atomic E-state index is -5.17. The van der Waals surface area contributed by atoms with E-state index in [2.05, 4.69) is 9.72 Å². The number of hydrogen-bond acceptors (Lipinski definition) is 5. The number of aromatic nitrogens is 1. The molecule has 0 aliphatic rings. The van der Waals surface area contributed by atoms with Gasteiger partial charge in [0.25, 0.3) is 12.1 Å². The zero-order valence-electron chi connectivity index (χ0n) is 8.24. The number of alkyl halides is 5. The molecular weight excluding hydrogens is 269 g/mol. The van der Waals surface area contributed by atoms with Crippen LogP contribution in [0.5, 0.6) is 5.88 Å². The molecule has 0 bridgehead atoms. The third kappa shape index (κ3) is 3.15. The summed E-state index contributed by atoms with van der Waals surface area (Å²) in [6, 6.07) is 0.130. The quantitative estimate of drug-likeness (QED) is 0.518. The fraction of sp³-hybridized carbons (Fsp3) is 0.286. The van der Waals surface area contributed by atoms with Crippen LogP contribution in [0.25, 0.3) is 0 Å². The van der Waals surface area contributed by atoms with Crippen molar-refractivity contribution >= 4 is 11.5 Å². The molecular formula is C7H4F5N3O3. The van der Waals surface area contributed by atoms with Crippen molar-refractivity contribution in [3.63, 3.8) is 0 Å². The van der Waals surface area contributed by atoms with E-state index in [4.69, 9.17) is 5.73 Å². The molecule has 0 fully saturated rings. The van der Waals surface area contributed by atoms with E-state index in [9.17, 15) is 32.1 Å². The van der Waals surface area contributed by atoms with Gasteiger partial charge in [0.15, 0.2) is 0 Å². The minimum absolute atomic E-state index is 0.130. The number of nitro groups is 1. The first-order valence-electron chi connectivity index (χ1n) is 4.10. The highest BCUT2D eigenvalue weighted by atomic mass is 19.4. The second-order valence-corrected chi connectivity index (χ2v) is 2.88. The van der Waals surface area contributed by atoms with Gasteiger partial charge in [0.05, 0.1) is 11.0 Å². The Labute approximate surface area is 95.3 Å². The van der Waals surface area contributed by atoms with Crippen molar-refractivity contribution in [2.24, 2.45) is 0 Å². The zero-order chi connectivity index (χ0) is 14.1. The molecule has 0 spiro atoms. The molecule has 6 nitrogen and oxygen atoms in total. The van der Waals surface area contributed by atoms with Crippen molar-refractivity contribution in [3.8, 4) is 5.88 Å². The molecule has 0 unspecified atom stereocenters. The highest BCUT2D eigenvalue weighted by Gasteiger charge is 2.34. The number of nitrogens with two attached hydrogens (primary N) is 1. The lowest BCUT2D eigenvalue weighted by Gasteiger charge is -2.10. The summed E-state index contributed by atoms with van der Waals surface area (Å²) >= 11 is 0. The number of halogens is 5. The van der Waals surface area contributed by atoms with Crippen LogP contribution in [0.2, 0.25) is 0 Å². The second kappa shape index (κ2) is 4.58. The first-order chi connectivity index (χ1) is 8.11. The summed E-state index contributed by atoms with van der Waals surface area (Å²) in [5, 5.41) is 10.4. The maximum absolute atomic E-state index is 12.4. The van der Waals surface area contributed by atoms with Crippen LogP contribution in [0, 0.1) is 10.1 Å². The predicted molar refractivity (Wildman–Crippen MR) is 46.9 cm³/mol. The number of nitrogens with zero attached hydrogens (tertiary/aromatic N) is 2. The van der Waals surface area contributed by atoms with Crippen molar-refractivity contribution in [1.29, 1.82) is 0 Å². The summed E-state index contributed by atoms with van der Waals surface area (Å²) in [7, 11) is 0. The van der Waals surface area contributed by atoms with Crippen LogP contribution in [-0.4, -0.2) is 16.3 Å². The Hall–Kier alpha value is -2.20. The minimum Gasteiger partial charge on any atom is -0.388 e. The largest absolute Gasteiger partial charge is 0.574 e. The number of rotatable bonds is 3. The predicted octanol–water partition coefficient (Wildman–Crippen LogP) is 2.41. The number of pyridine rings is 1. The molecule has 0 aromatic carbocycles. The van der Waals surface area contributed by atoms with Gasteiger partial charge in [-0.1, -0.05) is 0 Å². The van der Waals surface area contributed by atoms with E-state index in [0.29, 0.717) is 0 Å². The molecule has 0 aliphatic carbocycles. The molecule has 11 heteroatoms. The van der Waals surface area contributed by atoms with Crippen LogP contribution in [0.4, 0.5) is 33.5 Å². The smallest absolute Gasteiger partial charge is 0.388 e. The monoisotopic (exact) mass is 273 g/mol. The first kappa shape index (κ1) is 13.9. The Kier molecular flexibility index (Phi) is 3.53. The molecule has 2 N–H and O–H groups in total. The topological polar surface area (TPSA) is 91.3 Å². The lowest BCUT2D eigenvalue weighted by Crippen LogP contribution is -2.18. The lowest BCUT2D eigenvalue weighted by molar-refractivity contribution is -0.386. The number of anilines is 1. The average molecular weight is 273 g/mol. The van der Waals surface area contributed by atoms with Gasteiger partial charge < -0.3 is 10.5 Å². The summed E-state index contributed by atoms with van der Waals surface area (Å²) in [6.45, 7) is 0. The summed E-state index contributed by atoms with van der Waals surface area (Å²) in [6.07, 6.45) is -8.52. The molecule has 1 rings (SSSR count). The van der Waals surface area contributed by atoms with Gasteiger partial charge in [0.2, 0.25) is 5.88 Å². The maximum atomic E-state index is 12.4. The molecule has 0 saturated heterocycles. The molecule has 100 valence electrons. The molecule has 1 aromatic heterocycles. The van der Waals surface area contributed by atoms with Crippen molar-refractivity contribution < 1.29 is 31.6 Å². The molecule has 0 amide bonds. The number of nitrogen functional groups attached to an aromatic ring is 1. The zero-order valence-corrected chi connectivity index (χ0v) is 8.24. The van der Waals surface area contributed by atoms with Crippen LogP contribution < -0.4 is 10.5 Å². The molecule has 0 aliphatic heterocycles. The molecule has 1 heterocycles. The standard InChI is InChI=1S/C7H4F5N3O3/c8-5(9)4-2(15(16)17)1-3(14-6(4)13)18-7(10,11)12/h1,5H,(H2,13,14). The third-order valence-electron chi connectivity index (χ3n) is 1.68. The van der Waals surface area contributed by atoms with E-state index < -0.39 is 40.7 Å². The highest BCUT2D eigenvalue weighted by molar-refractivity contribution is 5.56. The van der Waals surface area contributed by atoms with Crippen molar-refractivity contribution in [2.45, 2.75) is 12.8 Å². The van der Waals surface area contributed by atoms with E-state index >= 15 is 0 Å². The van der Waals surface area contributed by atoms with E-state index in [-0.39, 0.29) is 6.07 Å². The van der Waals surface area contributed by atoms with Crippen LogP contribution in [0.15, 0.2) is 6.07 Å². The summed E-state index contributed by atoms with van der Waals surface area (Å²) in [5.41, 5.74) is 2.39. The second-order valence-electron chi connectivity index (χ2n) is 2.88. The Bertz CT molecular complexity index is 476. The number of hydrogen-bond donors (Lipinski definition) is 1. The van der Waals surface area contributed by atoms with E-state index in [1.165, 1.54) is 0 Å². The van der Waals surface area contributed by atoms with Crippen LogP contribution in [0.3, 0.4) is 0 Å². The van der Waals surface area contributed by atoms with Gasteiger partial charge in [0, 0.05) is 0 Å². The van der Waals surface area contributed by atoms with Gasteiger partial charge in [0.1, 0.15) is 11.4 Å². The van der Waals surface area contributed by atoms with Gasteiger partial charge in [-0.15, -0.1) is 13.2 Å². The molecule has 1 aromatic rings. The fourth-order valence-corrected chi connectivity index (χ4v) is 1.08. The van der Waals surface area contributed by atoms with Gasteiger partial charge in [-0.05, 0) is 0 Å². The average Bonchev–Trinajstić information content (AvgIpc) is 2.12. The lowest BCUT2D eigenvalue weighted by atomic mass is 10.2. The number of ether oxygens (including phenoxy) is 1. The third-order valence-corrected chi connectivity index (χ3v) is 1.68. The van der Waals surface area contributed by atoms with Crippen molar-refractivity contribution in [3.05, 3.63) is 21.7 Å². The first-order valence-corrected chi connectivity index (χ1v) is 4.10. The molecule has 18 heavy (non-hydrogen) atoms. The summed E-state index contributed by atoms with van der Waals surface area (Å²) in [4.78, 5) is 12.0. The van der Waals surface area contributed by atoms with E-state index in [1.54, 1.807) is 0 Å². The molecule has 0 radical (unpaired) electrons. The van der Waals surface area contributed by atoms with Gasteiger partial charge >= 0.3 is 6.36 Å². The van der Waals surface area contributed by atoms with Gasteiger partial charge in [-0.25, -0.2) is 8.78 Å². The van der Waals surface area contributed by atoms with E-state index in [1.807, 2.05) is 0 Å². The summed E-state index contributed by atoms with van der Waals surface area (Å²) in [5.74, 6) is -2.38. The SMILES string of the molecule is Nc1nc(OC(F)(F)F)cc([N+](=O)[O-])c1C(F)F.